The van der Waals surface area contributed by atoms with Gasteiger partial charge in [0.15, 0.2) is 0 Å². The van der Waals surface area contributed by atoms with Crippen molar-refractivity contribution >= 4 is 95.9 Å². The van der Waals surface area contributed by atoms with Gasteiger partial charge in [-0.15, -0.1) is 12.4 Å². The highest BCUT2D eigenvalue weighted by molar-refractivity contribution is 8.05. The van der Waals surface area contributed by atoms with E-state index in [9.17, 15) is 53.6 Å². The number of nitrogens with zero attached hydrogens (tertiary/aromatic N) is 3. The molecule has 6 aromatic rings. The van der Waals surface area contributed by atoms with Crippen molar-refractivity contribution in [3.05, 3.63) is 194 Å². The SMILES string of the molecule is CC(C)OC(=O)[C@H](C)N.CC(C)OC(=O)[C@H](C)NP(=O)(Oc1ccccc1)Oc1ccc([N+](=O)[O-])cc1.Cl.O=[N+]([O-])c1ccc(OP(=O)(Cl)Cl)cc1.O=[N+]([O-])c1ccc(OP(=O)(Cl)Oc2ccccc2)cc1.Oc1ccccc1. The summed E-state index contributed by atoms with van der Waals surface area (Å²) >= 11 is 16.0. The van der Waals surface area contributed by atoms with Crippen molar-refractivity contribution in [1.29, 1.82) is 0 Å². The number of hydrogen-bond acceptors (Lipinski definition) is 20. The Hall–Kier alpha value is -6.97. The number of esters is 2. The van der Waals surface area contributed by atoms with Crippen LogP contribution in [0, 0.1) is 30.3 Å². The molecule has 0 radical (unpaired) electrons. The number of ether oxygens (including phenoxy) is 2. The predicted molar refractivity (Wildman–Crippen MR) is 300 cm³/mol. The number of carbonyl (C=O) groups is 2. The Bertz CT molecular complexity index is 2970. The number of nitro benzene ring substituents is 3. The number of carbonyl (C=O) groups excluding carboxylic acids is 2. The molecule has 6 rings (SSSR count). The predicted octanol–water partition coefficient (Wildman–Crippen LogP) is 14.1. The van der Waals surface area contributed by atoms with Crippen molar-refractivity contribution in [3.8, 4) is 34.5 Å². The Morgan fingerprint density at radius 1 is 0.494 bits per heavy atom. The maximum atomic E-state index is 13.3. The lowest BCUT2D eigenvalue weighted by molar-refractivity contribution is -0.385. The number of nitrogens with one attached hydrogen (secondary N) is 1. The van der Waals surface area contributed by atoms with E-state index in [-0.39, 0.29) is 70.6 Å². The fraction of sp³-hybridized carbons (Fsp3) is 0.208. The average molecular weight is 1240 g/mol. The van der Waals surface area contributed by atoms with Crippen LogP contribution in [0.1, 0.15) is 41.5 Å². The van der Waals surface area contributed by atoms with Gasteiger partial charge in [-0.05, 0) is 114 Å². The summed E-state index contributed by atoms with van der Waals surface area (Å²) in [6, 6.07) is 38.7. The Morgan fingerprint density at radius 3 is 1.06 bits per heavy atom. The van der Waals surface area contributed by atoms with Crippen molar-refractivity contribution < 1.29 is 75.3 Å². The first-order valence-electron chi connectivity index (χ1n) is 22.3. The van der Waals surface area contributed by atoms with E-state index in [1.54, 1.807) is 120 Å². The van der Waals surface area contributed by atoms with Gasteiger partial charge in [-0.2, -0.15) is 5.09 Å². The van der Waals surface area contributed by atoms with Gasteiger partial charge in [0, 0.05) is 70.1 Å². The minimum Gasteiger partial charge on any atom is -0.508 e. The average Bonchev–Trinajstić information content (AvgIpc) is 3.35. The summed E-state index contributed by atoms with van der Waals surface area (Å²) in [4.78, 5) is 52.5. The van der Waals surface area contributed by atoms with Gasteiger partial charge in [-0.1, -0.05) is 54.6 Å². The second-order valence-corrected chi connectivity index (χ2v) is 23.9. The van der Waals surface area contributed by atoms with Crippen LogP contribution in [-0.4, -0.2) is 56.1 Å². The molecule has 24 nitrogen and oxygen atoms in total. The van der Waals surface area contributed by atoms with E-state index in [2.05, 4.69) is 9.61 Å². The van der Waals surface area contributed by atoms with E-state index in [4.69, 9.17) is 72.1 Å². The number of phenolic OH excluding ortho intramolecular Hbond substituents is 1. The zero-order valence-electron chi connectivity index (χ0n) is 42.5. The first kappa shape index (κ1) is 70.0. The monoisotopic (exact) mass is 1240 g/mol. The van der Waals surface area contributed by atoms with Crippen molar-refractivity contribution in [3.63, 3.8) is 0 Å². The lowest BCUT2D eigenvalue weighted by atomic mass is 10.3. The molecule has 0 bridgehead atoms. The highest BCUT2D eigenvalue weighted by Crippen LogP contribution is 2.57. The number of hydrogen-bond donors (Lipinski definition) is 3. The standard InChI is InChI=1S/C18H21N2O7P.C12H9ClNO5P.C6H4Cl2NO4P.C6H13NO2.C6H6O.ClH/c1-13(2)25-18(21)14(3)19-28(24,26-16-7-5-4-6-8-16)27-17-11-9-15(10-12-17)20(22)23;13-20(17,18-11-4-2-1-3-5-11)19-12-8-6-10(7-9-12)14(15)16;7-14(8,12)13-6-3-1-5(2-4-6)9(10)11;1-4(2)9-6(8)5(3)7;7-6-4-2-1-3-5-6;/h4-14H,1-3H3,(H,19,24);1-9H;1-4H;4-5H,7H2,1-3H3;1-5,7H;1H/t14-,28?;;;5-;;/m0..0../s1. The van der Waals surface area contributed by atoms with Gasteiger partial charge in [0.2, 0.25) is 0 Å². The van der Waals surface area contributed by atoms with Gasteiger partial charge >= 0.3 is 32.7 Å². The van der Waals surface area contributed by atoms with Crippen LogP contribution in [0.15, 0.2) is 164 Å². The quantitative estimate of drug-likeness (QED) is 0.0293. The molecule has 79 heavy (non-hydrogen) atoms. The smallest absolute Gasteiger partial charge is 0.508 e. The molecule has 0 spiro atoms. The molecular weight excluding hydrogens is 1190 g/mol. The third-order valence-electron chi connectivity index (χ3n) is 8.26. The summed E-state index contributed by atoms with van der Waals surface area (Å²) in [5.41, 5.74) is 4.86. The summed E-state index contributed by atoms with van der Waals surface area (Å²) in [6.45, 7) is 6.16. The van der Waals surface area contributed by atoms with E-state index in [1.807, 2.05) is 6.07 Å². The first-order chi connectivity index (χ1) is 36.5. The number of nitrogens with two attached hydrogens (primary N) is 1. The van der Waals surface area contributed by atoms with Crippen LogP contribution in [0.5, 0.6) is 34.5 Å². The van der Waals surface area contributed by atoms with Crippen molar-refractivity contribution in [2.45, 2.75) is 65.8 Å². The second-order valence-electron chi connectivity index (χ2n) is 15.6. The highest BCUT2D eigenvalue weighted by Gasteiger charge is 2.34. The van der Waals surface area contributed by atoms with Gasteiger partial charge in [0.25, 0.3) is 17.1 Å². The molecule has 428 valence electrons. The molecule has 0 aliphatic carbocycles. The van der Waals surface area contributed by atoms with Gasteiger partial charge in [-0.3, -0.25) is 39.9 Å². The number of benzene rings is 6. The van der Waals surface area contributed by atoms with Crippen molar-refractivity contribution in [2.75, 3.05) is 0 Å². The van der Waals surface area contributed by atoms with E-state index in [0.29, 0.717) is 11.5 Å². The molecule has 2 unspecified atom stereocenters. The van der Waals surface area contributed by atoms with E-state index in [1.165, 1.54) is 79.7 Å². The Morgan fingerprint density at radius 2 is 0.785 bits per heavy atom. The molecule has 0 fully saturated rings. The molecule has 4 N–H and O–H groups in total. The number of aromatic hydroxyl groups is 1. The molecular formula is C48H54Cl4N5O19P3. The molecule has 0 aliphatic rings. The Kier molecular flexibility index (Phi) is 30.9. The zero-order chi connectivity index (χ0) is 58.6. The molecule has 0 amide bonds. The zero-order valence-corrected chi connectivity index (χ0v) is 48.3. The lowest BCUT2D eigenvalue weighted by Gasteiger charge is -2.23. The third kappa shape index (κ3) is 30.7. The fourth-order valence-corrected chi connectivity index (χ4v) is 8.61. The summed E-state index contributed by atoms with van der Waals surface area (Å²) in [6.07, 6.45) is -4.06. The highest BCUT2D eigenvalue weighted by atomic mass is 35.9. The summed E-state index contributed by atoms with van der Waals surface area (Å²) in [5.74, 6) is 0.208. The van der Waals surface area contributed by atoms with E-state index < -0.39 is 53.6 Å². The van der Waals surface area contributed by atoms with Crippen LogP contribution in [0.25, 0.3) is 0 Å². The van der Waals surface area contributed by atoms with Gasteiger partial charge in [-0.25, -0.2) is 13.7 Å². The molecule has 6 aromatic carbocycles. The number of phenols is 1. The molecule has 0 aromatic heterocycles. The normalized spacial score (nSPS) is 12.6. The van der Waals surface area contributed by atoms with E-state index >= 15 is 0 Å². The fourth-order valence-electron chi connectivity index (χ4n) is 4.98. The maximum Gasteiger partial charge on any atom is 0.530 e. The molecule has 0 saturated carbocycles. The van der Waals surface area contributed by atoms with Gasteiger partial charge in [0.05, 0.1) is 27.0 Å². The van der Waals surface area contributed by atoms with E-state index in [0.717, 1.165) is 0 Å². The van der Waals surface area contributed by atoms with Crippen LogP contribution in [0.3, 0.4) is 0 Å². The Balaban J connectivity index is 0.000000534. The largest absolute Gasteiger partial charge is 0.530 e. The molecule has 0 aliphatic heterocycles. The topological polar surface area (TPSA) is 338 Å². The number of rotatable bonds is 19. The van der Waals surface area contributed by atoms with Crippen molar-refractivity contribution in [2.24, 2.45) is 5.73 Å². The number of halogens is 4. The van der Waals surface area contributed by atoms with Crippen LogP contribution >= 0.6 is 66.9 Å². The minimum absolute atomic E-state index is 0. The summed E-state index contributed by atoms with van der Waals surface area (Å²) in [7, 11) is -4.08. The second kappa shape index (κ2) is 34.8. The minimum atomic E-state index is -4.08. The lowest BCUT2D eigenvalue weighted by Crippen LogP contribution is -2.36. The third-order valence-corrected chi connectivity index (χ3v) is 12.0. The molecule has 0 saturated heterocycles. The molecule has 31 heteroatoms. The van der Waals surface area contributed by atoms with Crippen LogP contribution < -0.4 is 33.4 Å². The van der Waals surface area contributed by atoms with Gasteiger partial charge in [0.1, 0.15) is 46.6 Å². The first-order valence-corrected chi connectivity index (χ1v) is 29.8. The summed E-state index contributed by atoms with van der Waals surface area (Å²) < 4.78 is 71.5. The number of non-ortho nitro benzene ring substituents is 3. The van der Waals surface area contributed by atoms with Crippen molar-refractivity contribution in [1.82, 2.24) is 5.09 Å². The van der Waals surface area contributed by atoms with Crippen LogP contribution in [0.4, 0.5) is 17.1 Å². The number of para-hydroxylation sites is 3. The summed E-state index contributed by atoms with van der Waals surface area (Å²) in [5, 5.41) is 42.7. The Labute approximate surface area is 474 Å². The molecule has 0 heterocycles. The maximum absolute atomic E-state index is 13.3. The van der Waals surface area contributed by atoms with Gasteiger partial charge < -0.3 is 42.9 Å². The van der Waals surface area contributed by atoms with Crippen LogP contribution in [-0.2, 0) is 32.8 Å². The number of nitro groups is 3. The molecule has 4 atom stereocenters. The van der Waals surface area contributed by atoms with Crippen LogP contribution in [0.2, 0.25) is 0 Å².